The Morgan fingerprint density at radius 2 is 2.44 bits per heavy atom. The van der Waals surface area contributed by atoms with Crippen molar-refractivity contribution in [3.05, 3.63) is 12.4 Å². The van der Waals surface area contributed by atoms with E-state index in [0.717, 1.165) is 5.82 Å². The summed E-state index contributed by atoms with van der Waals surface area (Å²) in [6.45, 7) is 4.31. The van der Waals surface area contributed by atoms with Crippen molar-refractivity contribution in [3.8, 4) is 0 Å². The van der Waals surface area contributed by atoms with Crippen LogP contribution in [0.4, 0.5) is 0 Å². The van der Waals surface area contributed by atoms with Crippen LogP contribution in [-0.4, -0.2) is 31.8 Å². The summed E-state index contributed by atoms with van der Waals surface area (Å²) in [5, 5.41) is 9.64. The van der Waals surface area contributed by atoms with Gasteiger partial charge in [-0.25, -0.2) is 0 Å². The molecule has 0 amide bonds. The van der Waals surface area contributed by atoms with Gasteiger partial charge in [-0.1, -0.05) is 6.58 Å². The van der Waals surface area contributed by atoms with E-state index in [4.69, 9.17) is 5.41 Å². The quantitative estimate of drug-likeness (QED) is 0.532. The summed E-state index contributed by atoms with van der Waals surface area (Å²) in [5.41, 5.74) is 0. The van der Waals surface area contributed by atoms with E-state index in [2.05, 4.69) is 11.9 Å². The minimum atomic E-state index is 0.611. The van der Waals surface area contributed by atoms with Crippen molar-refractivity contribution in [2.45, 2.75) is 0 Å². The van der Waals surface area contributed by atoms with Crippen molar-refractivity contribution in [2.24, 2.45) is 0 Å². The first kappa shape index (κ1) is 8.01. The first-order valence-corrected chi connectivity index (χ1v) is 2.79. The van der Waals surface area contributed by atoms with Crippen molar-refractivity contribution < 1.29 is 0 Å². The molecule has 0 aliphatic carbocycles. The molecule has 0 bridgehead atoms. The molecule has 0 radical (unpaired) electrons. The van der Waals surface area contributed by atoms with E-state index in [1.165, 1.54) is 6.21 Å². The Balaban J connectivity index is 3.58. The summed E-state index contributed by atoms with van der Waals surface area (Å²) < 4.78 is 0. The Morgan fingerprint density at radius 3 is 2.78 bits per heavy atom. The lowest BCUT2D eigenvalue weighted by atomic mass is 10.6. The van der Waals surface area contributed by atoms with E-state index in [-0.39, 0.29) is 0 Å². The van der Waals surface area contributed by atoms with Crippen LogP contribution < -0.4 is 5.32 Å². The maximum absolute atomic E-state index is 6.77. The van der Waals surface area contributed by atoms with E-state index in [1.54, 1.807) is 0 Å². The van der Waals surface area contributed by atoms with Crippen molar-refractivity contribution >= 4 is 6.21 Å². The van der Waals surface area contributed by atoms with Gasteiger partial charge in [-0.05, 0) is 0 Å². The molecule has 0 fully saturated rings. The molecule has 9 heavy (non-hydrogen) atoms. The smallest absolute Gasteiger partial charge is 0.0936 e. The lowest BCUT2D eigenvalue weighted by molar-refractivity contribution is 0.451. The second-order valence-electron chi connectivity index (χ2n) is 1.78. The number of hydrogen-bond donors (Lipinski definition) is 2. The van der Waals surface area contributed by atoms with Gasteiger partial charge >= 0.3 is 0 Å². The minimum Gasteiger partial charge on any atom is -0.375 e. The third kappa shape index (κ3) is 2.74. The van der Waals surface area contributed by atoms with Gasteiger partial charge in [0.1, 0.15) is 0 Å². The van der Waals surface area contributed by atoms with Gasteiger partial charge < -0.3 is 15.6 Å². The molecule has 0 aromatic rings. The largest absolute Gasteiger partial charge is 0.375 e. The fourth-order valence-corrected chi connectivity index (χ4v) is 0.438. The van der Waals surface area contributed by atoms with Crippen molar-refractivity contribution in [1.82, 2.24) is 10.2 Å². The van der Waals surface area contributed by atoms with Crippen LogP contribution in [0, 0.1) is 5.41 Å². The van der Waals surface area contributed by atoms with Crippen LogP contribution in [0.3, 0.4) is 0 Å². The first-order chi connectivity index (χ1) is 4.22. The van der Waals surface area contributed by atoms with Crippen LogP contribution in [0.15, 0.2) is 12.4 Å². The third-order valence-electron chi connectivity index (χ3n) is 1.11. The molecule has 0 heterocycles. The molecule has 0 rings (SSSR count). The van der Waals surface area contributed by atoms with Gasteiger partial charge in [0, 0.05) is 20.3 Å². The van der Waals surface area contributed by atoms with E-state index >= 15 is 0 Å². The Kier molecular flexibility index (Phi) is 3.51. The van der Waals surface area contributed by atoms with Gasteiger partial charge in [-0.3, -0.25) is 0 Å². The van der Waals surface area contributed by atoms with Crippen molar-refractivity contribution in [3.63, 3.8) is 0 Å². The molecular weight excluding hydrogens is 114 g/mol. The van der Waals surface area contributed by atoms with Crippen LogP contribution in [0.5, 0.6) is 0 Å². The van der Waals surface area contributed by atoms with Gasteiger partial charge in [-0.2, -0.15) is 0 Å². The van der Waals surface area contributed by atoms with E-state index in [1.807, 2.05) is 19.0 Å². The summed E-state index contributed by atoms with van der Waals surface area (Å²) >= 11 is 0. The fraction of sp³-hybridized carbons (Fsp3) is 0.500. The average molecular weight is 127 g/mol. The highest BCUT2D eigenvalue weighted by molar-refractivity contribution is 5.55. The molecule has 2 N–H and O–H groups in total. The van der Waals surface area contributed by atoms with Crippen LogP contribution in [0.2, 0.25) is 0 Å². The van der Waals surface area contributed by atoms with Gasteiger partial charge in [0.25, 0.3) is 0 Å². The first-order valence-electron chi connectivity index (χ1n) is 2.79. The zero-order valence-corrected chi connectivity index (χ0v) is 5.94. The molecule has 0 unspecified atom stereocenters. The van der Waals surface area contributed by atoms with Gasteiger partial charge in [0.05, 0.1) is 12.4 Å². The topological polar surface area (TPSA) is 39.1 Å². The lowest BCUT2D eigenvalue weighted by Crippen LogP contribution is -2.26. The normalized spacial score (nSPS) is 8.22. The Bertz CT molecular complexity index is 109. The predicted octanol–water partition coefficient (Wildman–Crippen LogP) is 0.258. The van der Waals surface area contributed by atoms with E-state index in [9.17, 15) is 0 Å². The number of nitrogens with zero attached hydrogens (tertiary/aromatic N) is 1. The molecule has 0 spiro atoms. The lowest BCUT2D eigenvalue weighted by Gasteiger charge is -2.17. The maximum Gasteiger partial charge on any atom is 0.0936 e. The second kappa shape index (κ2) is 3.95. The Labute approximate surface area is 55.9 Å². The Hall–Kier alpha value is -0.990. The molecule has 0 aliphatic rings. The maximum atomic E-state index is 6.77. The van der Waals surface area contributed by atoms with Crippen molar-refractivity contribution in [1.29, 1.82) is 5.41 Å². The summed E-state index contributed by atoms with van der Waals surface area (Å²) in [4.78, 5) is 1.85. The number of rotatable bonds is 4. The average Bonchev–Trinajstić information content (AvgIpc) is 1.87. The molecule has 0 saturated carbocycles. The van der Waals surface area contributed by atoms with Crippen LogP contribution in [-0.2, 0) is 0 Å². The Morgan fingerprint density at radius 1 is 1.89 bits per heavy atom. The molecular formula is C6H13N3. The number of hydrogen-bond acceptors (Lipinski definition) is 3. The molecule has 3 nitrogen and oxygen atoms in total. The minimum absolute atomic E-state index is 0.611. The van der Waals surface area contributed by atoms with Gasteiger partial charge in [0.2, 0.25) is 0 Å². The SMILES string of the molecule is C=C(NC)N(C)CC=N. The number of nitrogens with one attached hydrogen (secondary N) is 2. The highest BCUT2D eigenvalue weighted by Crippen LogP contribution is 1.87. The van der Waals surface area contributed by atoms with E-state index < -0.39 is 0 Å². The molecule has 3 heteroatoms. The van der Waals surface area contributed by atoms with Gasteiger partial charge in [-0.15, -0.1) is 0 Å². The monoisotopic (exact) mass is 127 g/mol. The van der Waals surface area contributed by atoms with E-state index in [0.29, 0.717) is 6.54 Å². The molecule has 0 aromatic heterocycles. The highest BCUT2D eigenvalue weighted by atomic mass is 15.2. The molecule has 0 aliphatic heterocycles. The fourth-order valence-electron chi connectivity index (χ4n) is 0.438. The predicted molar refractivity (Wildman–Crippen MR) is 39.6 cm³/mol. The molecule has 0 saturated heterocycles. The summed E-state index contributed by atoms with van der Waals surface area (Å²) in [5.74, 6) is 0.832. The van der Waals surface area contributed by atoms with Crippen LogP contribution in [0.1, 0.15) is 0 Å². The molecule has 0 atom stereocenters. The standard InChI is InChI=1S/C6H13N3/c1-6(8-2)9(3)5-4-7/h4,7-8H,1,5H2,2-3H3. The van der Waals surface area contributed by atoms with Crippen LogP contribution in [0.25, 0.3) is 0 Å². The van der Waals surface area contributed by atoms with Crippen LogP contribution >= 0.6 is 0 Å². The summed E-state index contributed by atoms with van der Waals surface area (Å²) in [7, 11) is 3.69. The zero-order valence-electron chi connectivity index (χ0n) is 5.94. The second-order valence-corrected chi connectivity index (χ2v) is 1.78. The van der Waals surface area contributed by atoms with Crippen molar-refractivity contribution in [2.75, 3.05) is 20.6 Å². The zero-order chi connectivity index (χ0) is 7.28. The summed E-state index contributed by atoms with van der Waals surface area (Å²) in [6.07, 6.45) is 1.34. The molecule has 0 aromatic carbocycles. The van der Waals surface area contributed by atoms with Gasteiger partial charge in [0.15, 0.2) is 0 Å². The third-order valence-corrected chi connectivity index (χ3v) is 1.11. The molecule has 52 valence electrons. The highest BCUT2D eigenvalue weighted by Gasteiger charge is 1.93. The summed E-state index contributed by atoms with van der Waals surface area (Å²) in [6, 6.07) is 0.